The average Bonchev–Trinajstić information content (AvgIpc) is 3.61. The number of nitrogens with zero attached hydrogens (tertiary/aromatic N) is 1. The number of aliphatic hydroxyl groups is 2. The molecule has 2 heterocycles. The summed E-state index contributed by atoms with van der Waals surface area (Å²) >= 11 is 0. The van der Waals surface area contributed by atoms with Crippen LogP contribution in [0.1, 0.15) is 48.8 Å². The highest BCUT2D eigenvalue weighted by atomic mass is 16.5. The Bertz CT molecular complexity index is 1100. The van der Waals surface area contributed by atoms with Crippen LogP contribution in [0, 0.1) is 17.3 Å². The molecule has 5 aliphatic rings. The highest BCUT2D eigenvalue weighted by molar-refractivity contribution is 5.61. The van der Waals surface area contributed by atoms with E-state index in [0.717, 1.165) is 44.6 Å². The molecule has 180 valence electrons. The first-order valence-electron chi connectivity index (χ1n) is 13.1. The molecule has 5 nitrogen and oxygen atoms in total. The van der Waals surface area contributed by atoms with Crippen LogP contribution in [0.15, 0.2) is 42.5 Å². The molecular formula is C29H35NO4. The second-order valence-electron chi connectivity index (χ2n) is 11.7. The lowest BCUT2D eigenvalue weighted by Crippen LogP contribution is -2.71. The fourth-order valence-corrected chi connectivity index (χ4v) is 8.15. The number of likely N-dealkylation sites (tertiary alicyclic amines) is 1. The van der Waals surface area contributed by atoms with Gasteiger partial charge in [0.05, 0.1) is 12.7 Å². The minimum atomic E-state index is -0.772. The number of rotatable bonds is 6. The van der Waals surface area contributed by atoms with Gasteiger partial charge in [0.1, 0.15) is 6.10 Å². The molecule has 2 aliphatic heterocycles. The Morgan fingerprint density at radius 3 is 2.68 bits per heavy atom. The summed E-state index contributed by atoms with van der Waals surface area (Å²) in [5.74, 6) is 1.92. The summed E-state index contributed by atoms with van der Waals surface area (Å²) in [6.45, 7) is 2.15. The first kappa shape index (κ1) is 21.2. The van der Waals surface area contributed by atoms with E-state index in [1.807, 2.05) is 6.07 Å². The topological polar surface area (TPSA) is 73.2 Å². The molecule has 0 radical (unpaired) electrons. The molecule has 1 saturated heterocycles. The van der Waals surface area contributed by atoms with Gasteiger partial charge in [-0.25, -0.2) is 0 Å². The van der Waals surface area contributed by atoms with E-state index in [9.17, 15) is 15.3 Å². The zero-order valence-corrected chi connectivity index (χ0v) is 19.7. The van der Waals surface area contributed by atoms with E-state index in [1.54, 1.807) is 6.07 Å². The molecule has 34 heavy (non-hydrogen) atoms. The number of aliphatic hydroxyl groups excluding tert-OH is 2. The molecule has 2 saturated carbocycles. The van der Waals surface area contributed by atoms with Crippen molar-refractivity contribution in [1.82, 2.24) is 4.90 Å². The van der Waals surface area contributed by atoms with Gasteiger partial charge in [-0.1, -0.05) is 36.4 Å². The van der Waals surface area contributed by atoms with Gasteiger partial charge in [0, 0.05) is 29.0 Å². The number of phenolic OH excluding ortho intramolecular Hbond substituents is 1. The third kappa shape index (κ3) is 2.84. The summed E-state index contributed by atoms with van der Waals surface area (Å²) in [7, 11) is 0. The van der Waals surface area contributed by atoms with Crippen molar-refractivity contribution in [3.8, 4) is 11.5 Å². The largest absolute Gasteiger partial charge is 0.504 e. The molecule has 3 aliphatic carbocycles. The fourth-order valence-electron chi connectivity index (χ4n) is 8.15. The van der Waals surface area contributed by atoms with Gasteiger partial charge in [0.2, 0.25) is 0 Å². The molecule has 0 amide bonds. The van der Waals surface area contributed by atoms with E-state index < -0.39 is 17.6 Å². The zero-order chi connectivity index (χ0) is 23.1. The predicted molar refractivity (Wildman–Crippen MR) is 129 cm³/mol. The maximum atomic E-state index is 11.9. The number of hydrogen-bond donors (Lipinski definition) is 3. The number of hydrogen-bond acceptors (Lipinski definition) is 5. The lowest BCUT2D eigenvalue weighted by Gasteiger charge is -2.63. The summed E-state index contributed by atoms with van der Waals surface area (Å²) in [5.41, 5.74) is 2.81. The molecule has 2 aromatic carbocycles. The van der Waals surface area contributed by atoms with Crippen LogP contribution in [0.2, 0.25) is 0 Å². The van der Waals surface area contributed by atoms with Crippen molar-refractivity contribution >= 4 is 0 Å². The first-order valence-corrected chi connectivity index (χ1v) is 13.1. The second kappa shape index (κ2) is 7.46. The van der Waals surface area contributed by atoms with Crippen molar-refractivity contribution < 1.29 is 20.1 Å². The normalized spacial score (nSPS) is 37.8. The Labute approximate surface area is 201 Å². The van der Waals surface area contributed by atoms with Crippen LogP contribution in [0.5, 0.6) is 11.5 Å². The summed E-state index contributed by atoms with van der Waals surface area (Å²) in [6, 6.07) is 14.6. The van der Waals surface area contributed by atoms with Gasteiger partial charge < -0.3 is 20.1 Å². The standard InChI is InChI=1S/C29H35NO4/c31-17-28(11-10-18-4-2-1-3-5-18)15-21-22-14-20-8-9-23(32)25-24(20)29(21,27(34-25)26(28)33)12-13-30(22)16-19-6-7-19/h1-5,8-9,19,21-22,26-27,31-33H,6-7,10-17H2/t21?,22?,26-,27?,28+,29?/m0/s1. The Hall–Kier alpha value is -2.08. The fraction of sp³-hybridized carbons (Fsp3) is 0.586. The Morgan fingerprint density at radius 2 is 1.91 bits per heavy atom. The number of aromatic hydroxyl groups is 1. The zero-order valence-electron chi connectivity index (χ0n) is 19.7. The molecule has 1 spiro atoms. The van der Waals surface area contributed by atoms with Gasteiger partial charge in [-0.05, 0) is 80.5 Å². The van der Waals surface area contributed by atoms with Crippen LogP contribution in [0.4, 0.5) is 0 Å². The molecule has 6 atom stereocenters. The van der Waals surface area contributed by atoms with E-state index in [1.165, 1.54) is 36.1 Å². The summed E-state index contributed by atoms with van der Waals surface area (Å²) in [4.78, 5) is 2.72. The molecule has 5 heteroatoms. The van der Waals surface area contributed by atoms with Gasteiger partial charge >= 0.3 is 0 Å². The van der Waals surface area contributed by atoms with Gasteiger partial charge in [-0.3, -0.25) is 4.90 Å². The molecule has 2 bridgehead atoms. The maximum Gasteiger partial charge on any atom is 0.165 e. The van der Waals surface area contributed by atoms with Crippen molar-refractivity contribution in [2.24, 2.45) is 17.3 Å². The van der Waals surface area contributed by atoms with Crippen molar-refractivity contribution in [1.29, 1.82) is 0 Å². The van der Waals surface area contributed by atoms with E-state index in [0.29, 0.717) is 17.7 Å². The maximum absolute atomic E-state index is 11.9. The highest BCUT2D eigenvalue weighted by Gasteiger charge is 2.70. The van der Waals surface area contributed by atoms with Gasteiger partial charge in [0.25, 0.3) is 0 Å². The van der Waals surface area contributed by atoms with Crippen molar-refractivity contribution in [3.05, 3.63) is 59.2 Å². The molecule has 3 N–H and O–H groups in total. The molecule has 7 rings (SSSR count). The van der Waals surface area contributed by atoms with Crippen molar-refractivity contribution in [3.63, 3.8) is 0 Å². The number of phenols is 1. The smallest absolute Gasteiger partial charge is 0.165 e. The van der Waals surface area contributed by atoms with Crippen LogP contribution in [0.3, 0.4) is 0 Å². The third-order valence-corrected chi connectivity index (χ3v) is 10.1. The molecule has 3 fully saturated rings. The minimum Gasteiger partial charge on any atom is -0.504 e. The molecule has 0 aromatic heterocycles. The number of aryl methyl sites for hydroxylation is 1. The SMILES string of the molecule is OC[C@@]1(CCc2ccccc2)CC2C3Cc4ccc(O)c5c4C2(CCN3CC2CC2)C(O5)[C@@H]1O. The number of benzene rings is 2. The Kier molecular flexibility index (Phi) is 4.66. The Morgan fingerprint density at radius 1 is 1.09 bits per heavy atom. The summed E-state index contributed by atoms with van der Waals surface area (Å²) in [5, 5.41) is 33.5. The third-order valence-electron chi connectivity index (χ3n) is 10.1. The van der Waals surface area contributed by atoms with Crippen LogP contribution < -0.4 is 4.74 Å². The van der Waals surface area contributed by atoms with Crippen molar-refractivity contribution in [2.75, 3.05) is 19.7 Å². The minimum absolute atomic E-state index is 0.0437. The Balaban J connectivity index is 1.31. The predicted octanol–water partition coefficient (Wildman–Crippen LogP) is 3.42. The summed E-state index contributed by atoms with van der Waals surface area (Å²) < 4.78 is 6.53. The molecular weight excluding hydrogens is 426 g/mol. The lowest BCUT2D eigenvalue weighted by atomic mass is 9.46. The van der Waals surface area contributed by atoms with Crippen LogP contribution in [0.25, 0.3) is 0 Å². The molecule has 4 unspecified atom stereocenters. The van der Waals surface area contributed by atoms with E-state index in [-0.39, 0.29) is 17.8 Å². The first-order chi connectivity index (χ1) is 16.6. The monoisotopic (exact) mass is 461 g/mol. The van der Waals surface area contributed by atoms with Crippen LogP contribution in [-0.2, 0) is 18.3 Å². The van der Waals surface area contributed by atoms with Gasteiger partial charge in [-0.2, -0.15) is 0 Å². The number of ether oxygens (including phenoxy) is 1. The van der Waals surface area contributed by atoms with Crippen molar-refractivity contribution in [2.45, 2.75) is 68.6 Å². The van der Waals surface area contributed by atoms with Crippen LogP contribution >= 0.6 is 0 Å². The number of piperidine rings is 1. The van der Waals surface area contributed by atoms with E-state index in [4.69, 9.17) is 4.74 Å². The molecule has 2 aromatic rings. The lowest BCUT2D eigenvalue weighted by molar-refractivity contribution is -0.180. The highest BCUT2D eigenvalue weighted by Crippen LogP contribution is 2.67. The average molecular weight is 462 g/mol. The van der Waals surface area contributed by atoms with E-state index in [2.05, 4.69) is 35.2 Å². The quantitative estimate of drug-likeness (QED) is 0.615. The van der Waals surface area contributed by atoms with Crippen LogP contribution in [-0.4, -0.2) is 58.2 Å². The summed E-state index contributed by atoms with van der Waals surface area (Å²) in [6.07, 6.45) is 5.77. The second-order valence-corrected chi connectivity index (χ2v) is 11.7. The van der Waals surface area contributed by atoms with Gasteiger partial charge in [-0.15, -0.1) is 0 Å². The van der Waals surface area contributed by atoms with E-state index >= 15 is 0 Å². The van der Waals surface area contributed by atoms with Gasteiger partial charge in [0.15, 0.2) is 11.5 Å².